The van der Waals surface area contributed by atoms with Gasteiger partial charge in [0.2, 0.25) is 5.91 Å². The van der Waals surface area contributed by atoms with Gasteiger partial charge in [0.15, 0.2) is 6.04 Å². The third-order valence-electron chi connectivity index (χ3n) is 5.94. The highest BCUT2D eigenvalue weighted by molar-refractivity contribution is 8.02. The molecule has 0 fully saturated rings. The fraction of sp³-hybridized carbons (Fsp3) is 0.852. The molecule has 0 rings (SSSR count). The summed E-state index contributed by atoms with van der Waals surface area (Å²) in [4.78, 5) is 22.7. The highest BCUT2D eigenvalue weighted by Crippen LogP contribution is 2.12. The Morgan fingerprint density at radius 1 is 0.824 bits per heavy atom. The van der Waals surface area contributed by atoms with Crippen molar-refractivity contribution in [3.63, 3.8) is 0 Å². The summed E-state index contributed by atoms with van der Waals surface area (Å²) in [6.07, 6.45) is 21.2. The molecule has 6 nitrogen and oxygen atoms in total. The summed E-state index contributed by atoms with van der Waals surface area (Å²) in [5, 5.41) is 26.3. The van der Waals surface area contributed by atoms with Crippen LogP contribution in [0.3, 0.4) is 0 Å². The first kappa shape index (κ1) is 32.8. The molecule has 0 spiro atoms. The van der Waals surface area contributed by atoms with Crippen molar-refractivity contribution in [3.05, 3.63) is 11.6 Å². The van der Waals surface area contributed by atoms with E-state index in [0.29, 0.717) is 6.42 Å². The lowest BCUT2D eigenvalue weighted by Crippen LogP contribution is -2.47. The van der Waals surface area contributed by atoms with Crippen molar-refractivity contribution >= 4 is 23.6 Å². The number of carbonyl (C=O) groups excluding carboxylic acids is 1. The van der Waals surface area contributed by atoms with Crippen LogP contribution in [0.4, 0.5) is 0 Å². The smallest absolute Gasteiger partial charge is 0.328 e. The van der Waals surface area contributed by atoms with E-state index in [9.17, 15) is 14.7 Å². The second kappa shape index (κ2) is 24.9. The third-order valence-corrected chi connectivity index (χ3v) is 6.79. The van der Waals surface area contributed by atoms with E-state index in [-0.39, 0.29) is 5.91 Å². The van der Waals surface area contributed by atoms with Crippen LogP contribution in [0.5, 0.6) is 0 Å². The Labute approximate surface area is 213 Å². The summed E-state index contributed by atoms with van der Waals surface area (Å²) >= 11 is 1.91. The van der Waals surface area contributed by atoms with Gasteiger partial charge in [-0.3, -0.25) is 4.79 Å². The summed E-state index contributed by atoms with van der Waals surface area (Å²) < 4.78 is 0. The number of aliphatic hydroxyl groups excluding tert-OH is 1. The van der Waals surface area contributed by atoms with Crippen molar-refractivity contribution in [1.82, 2.24) is 10.6 Å². The quantitative estimate of drug-likeness (QED) is 0.109. The molecule has 4 N–H and O–H groups in total. The van der Waals surface area contributed by atoms with Crippen LogP contribution >= 0.6 is 11.8 Å². The largest absolute Gasteiger partial charge is 0.480 e. The summed E-state index contributed by atoms with van der Waals surface area (Å²) in [7, 11) is 0. The molecule has 7 heteroatoms. The Morgan fingerprint density at radius 3 is 1.91 bits per heavy atom. The zero-order chi connectivity index (χ0) is 25.3. The van der Waals surface area contributed by atoms with Gasteiger partial charge in [-0.15, -0.1) is 11.8 Å². The zero-order valence-corrected chi connectivity index (χ0v) is 22.7. The SMILES string of the molecule is CCCCCCCS/C=C\NCCCCCCCCCCCCCC(=O)NC(C(=O)O)C(C)O. The summed E-state index contributed by atoms with van der Waals surface area (Å²) in [6.45, 7) is 4.70. The van der Waals surface area contributed by atoms with Gasteiger partial charge in [0.1, 0.15) is 0 Å². The molecule has 2 atom stereocenters. The summed E-state index contributed by atoms with van der Waals surface area (Å²) in [5.41, 5.74) is 0. The van der Waals surface area contributed by atoms with Crippen LogP contribution in [-0.2, 0) is 9.59 Å². The van der Waals surface area contributed by atoms with Gasteiger partial charge in [0, 0.05) is 19.2 Å². The van der Waals surface area contributed by atoms with Crippen LogP contribution in [0.1, 0.15) is 123 Å². The molecule has 0 aromatic rings. The number of carboxylic acids is 1. The Balaban J connectivity index is 3.30. The van der Waals surface area contributed by atoms with Crippen molar-refractivity contribution in [2.75, 3.05) is 12.3 Å². The minimum absolute atomic E-state index is 0.299. The van der Waals surface area contributed by atoms with E-state index >= 15 is 0 Å². The Bertz CT molecular complexity index is 515. The highest BCUT2D eigenvalue weighted by atomic mass is 32.2. The molecule has 0 aromatic heterocycles. The van der Waals surface area contributed by atoms with Gasteiger partial charge in [0.05, 0.1) is 6.10 Å². The molecule has 1 amide bonds. The topological polar surface area (TPSA) is 98.7 Å². The lowest BCUT2D eigenvalue weighted by molar-refractivity contribution is -0.144. The van der Waals surface area contributed by atoms with Gasteiger partial charge < -0.3 is 20.8 Å². The van der Waals surface area contributed by atoms with E-state index < -0.39 is 18.1 Å². The molecule has 0 aliphatic heterocycles. The van der Waals surface area contributed by atoms with E-state index in [4.69, 9.17) is 5.11 Å². The predicted octanol–water partition coefficient (Wildman–Crippen LogP) is 6.38. The van der Waals surface area contributed by atoms with Gasteiger partial charge in [-0.05, 0) is 37.3 Å². The van der Waals surface area contributed by atoms with Gasteiger partial charge in [-0.1, -0.05) is 90.4 Å². The molecule has 0 saturated heterocycles. The number of unbranched alkanes of at least 4 members (excludes halogenated alkanes) is 14. The van der Waals surface area contributed by atoms with E-state index in [1.54, 1.807) is 0 Å². The van der Waals surface area contributed by atoms with Gasteiger partial charge in [-0.2, -0.15) is 0 Å². The Morgan fingerprint density at radius 2 is 1.35 bits per heavy atom. The number of thioether (sulfide) groups is 1. The average molecular weight is 501 g/mol. The molecule has 0 heterocycles. The maximum Gasteiger partial charge on any atom is 0.328 e. The molecule has 2 unspecified atom stereocenters. The molecule has 34 heavy (non-hydrogen) atoms. The molecule has 0 aliphatic carbocycles. The highest BCUT2D eigenvalue weighted by Gasteiger charge is 2.24. The zero-order valence-electron chi connectivity index (χ0n) is 21.9. The fourth-order valence-corrected chi connectivity index (χ4v) is 4.47. The molecule has 0 aromatic carbocycles. The van der Waals surface area contributed by atoms with Gasteiger partial charge in [0.25, 0.3) is 0 Å². The number of hydrogen-bond donors (Lipinski definition) is 4. The third kappa shape index (κ3) is 22.6. The number of amides is 1. The second-order valence-corrected chi connectivity index (χ2v) is 10.3. The second-order valence-electron chi connectivity index (χ2n) is 9.30. The first-order chi connectivity index (χ1) is 16.5. The first-order valence-electron chi connectivity index (χ1n) is 13.7. The lowest BCUT2D eigenvalue weighted by atomic mass is 10.0. The van der Waals surface area contributed by atoms with Crippen LogP contribution < -0.4 is 10.6 Å². The van der Waals surface area contributed by atoms with E-state index in [1.807, 2.05) is 11.8 Å². The monoisotopic (exact) mass is 500 g/mol. The normalized spacial score (nSPS) is 13.1. The molecule has 0 radical (unpaired) electrons. The minimum Gasteiger partial charge on any atom is -0.480 e. The maximum absolute atomic E-state index is 11.8. The summed E-state index contributed by atoms with van der Waals surface area (Å²) in [5.74, 6) is -0.268. The summed E-state index contributed by atoms with van der Waals surface area (Å²) in [6, 6.07) is -1.22. The average Bonchev–Trinajstić information content (AvgIpc) is 2.80. The number of carboxylic acid groups (broad SMARTS) is 1. The number of carbonyl (C=O) groups is 2. The molecular formula is C27H52N2O4S. The molecule has 0 saturated carbocycles. The standard InChI is InChI=1S/C27H52N2O4S/c1-3-4-5-15-18-22-34-23-21-28-20-17-14-12-10-8-6-7-9-11-13-16-19-25(31)29-26(24(2)30)27(32)33/h21,23-24,26,28,30H,3-20,22H2,1-2H3,(H,29,31)(H,32,33)/b23-21-. The number of rotatable bonds is 25. The van der Waals surface area contributed by atoms with E-state index in [0.717, 1.165) is 25.8 Å². The van der Waals surface area contributed by atoms with Crippen molar-refractivity contribution < 1.29 is 19.8 Å². The predicted molar refractivity (Wildman–Crippen MR) is 145 cm³/mol. The van der Waals surface area contributed by atoms with Gasteiger partial charge >= 0.3 is 5.97 Å². The Kier molecular flexibility index (Phi) is 24.0. The van der Waals surface area contributed by atoms with E-state index in [1.165, 1.54) is 96.1 Å². The number of hydrogen-bond acceptors (Lipinski definition) is 5. The van der Waals surface area contributed by atoms with Crippen LogP contribution in [0, 0.1) is 0 Å². The van der Waals surface area contributed by atoms with Crippen molar-refractivity contribution in [2.45, 2.75) is 135 Å². The minimum atomic E-state index is -1.22. The molecular weight excluding hydrogens is 448 g/mol. The molecule has 0 bridgehead atoms. The van der Waals surface area contributed by atoms with Crippen LogP contribution in [0.25, 0.3) is 0 Å². The Hall–Kier alpha value is -1.21. The van der Waals surface area contributed by atoms with Crippen LogP contribution in [0.15, 0.2) is 11.6 Å². The van der Waals surface area contributed by atoms with Crippen molar-refractivity contribution in [3.8, 4) is 0 Å². The van der Waals surface area contributed by atoms with Crippen LogP contribution in [0.2, 0.25) is 0 Å². The van der Waals surface area contributed by atoms with Crippen LogP contribution in [-0.4, -0.2) is 46.5 Å². The lowest BCUT2D eigenvalue weighted by Gasteiger charge is -2.16. The number of aliphatic carboxylic acids is 1. The number of aliphatic hydroxyl groups is 1. The van der Waals surface area contributed by atoms with Gasteiger partial charge in [-0.25, -0.2) is 4.79 Å². The molecule has 0 aliphatic rings. The fourth-order valence-electron chi connectivity index (χ4n) is 3.77. The number of nitrogens with one attached hydrogen (secondary N) is 2. The maximum atomic E-state index is 11.8. The van der Waals surface area contributed by atoms with Crippen molar-refractivity contribution in [1.29, 1.82) is 0 Å². The first-order valence-corrected chi connectivity index (χ1v) is 14.7. The van der Waals surface area contributed by atoms with E-state index in [2.05, 4.69) is 29.2 Å². The molecule has 200 valence electrons. The van der Waals surface area contributed by atoms with Crippen molar-refractivity contribution in [2.24, 2.45) is 0 Å².